The van der Waals surface area contributed by atoms with Gasteiger partial charge in [-0.15, -0.1) is 0 Å². The molecule has 1 N–H and O–H groups in total. The standard InChI is InChI=1S/C18H12F2N2O3S/c19-12-5-3-4-11(8-12)9-15-17(24)22(18(25)26-15)10-16(23)21-14-7-2-1-6-13(14)20/h1-9H,10H2,(H,21,23). The van der Waals surface area contributed by atoms with Crippen LogP contribution in [0.2, 0.25) is 0 Å². The first-order chi connectivity index (χ1) is 12.4. The van der Waals surface area contributed by atoms with Crippen molar-refractivity contribution in [3.63, 3.8) is 0 Å². The number of carbonyl (C=O) groups excluding carboxylic acids is 3. The number of amides is 3. The van der Waals surface area contributed by atoms with Crippen molar-refractivity contribution in [3.8, 4) is 0 Å². The summed E-state index contributed by atoms with van der Waals surface area (Å²) >= 11 is 0.656. The first-order valence-corrected chi connectivity index (χ1v) is 8.31. The third kappa shape index (κ3) is 3.97. The molecular weight excluding hydrogens is 362 g/mol. The number of rotatable bonds is 4. The number of nitrogens with one attached hydrogen (secondary N) is 1. The highest BCUT2D eigenvalue weighted by atomic mass is 32.2. The van der Waals surface area contributed by atoms with E-state index >= 15 is 0 Å². The van der Waals surface area contributed by atoms with Crippen LogP contribution in [0.3, 0.4) is 0 Å². The summed E-state index contributed by atoms with van der Waals surface area (Å²) in [7, 11) is 0. The number of thioether (sulfide) groups is 1. The molecule has 0 saturated carbocycles. The first-order valence-electron chi connectivity index (χ1n) is 7.49. The van der Waals surface area contributed by atoms with Gasteiger partial charge in [0.2, 0.25) is 5.91 Å². The third-order valence-electron chi connectivity index (χ3n) is 3.47. The van der Waals surface area contributed by atoms with Gasteiger partial charge in [0.05, 0.1) is 10.6 Å². The van der Waals surface area contributed by atoms with Crippen molar-refractivity contribution in [3.05, 3.63) is 70.6 Å². The van der Waals surface area contributed by atoms with E-state index in [0.29, 0.717) is 17.3 Å². The SMILES string of the molecule is O=C(CN1C(=O)SC(=Cc2cccc(F)c2)C1=O)Nc1ccccc1F. The molecule has 0 atom stereocenters. The van der Waals surface area contributed by atoms with Crippen LogP contribution in [0.25, 0.3) is 6.08 Å². The maximum atomic E-state index is 13.5. The van der Waals surface area contributed by atoms with Crippen molar-refractivity contribution < 1.29 is 23.2 Å². The van der Waals surface area contributed by atoms with Gasteiger partial charge in [0.1, 0.15) is 18.2 Å². The molecule has 2 aromatic rings. The van der Waals surface area contributed by atoms with E-state index in [1.165, 1.54) is 42.5 Å². The molecule has 0 spiro atoms. The first kappa shape index (κ1) is 17.8. The number of hydrogen-bond donors (Lipinski definition) is 1. The van der Waals surface area contributed by atoms with Crippen molar-refractivity contribution in [1.82, 2.24) is 4.90 Å². The van der Waals surface area contributed by atoms with Crippen molar-refractivity contribution >= 4 is 40.6 Å². The van der Waals surface area contributed by atoms with E-state index in [1.807, 2.05) is 0 Å². The number of imide groups is 1. The molecule has 3 amide bonds. The lowest BCUT2D eigenvalue weighted by molar-refractivity contribution is -0.127. The van der Waals surface area contributed by atoms with Gasteiger partial charge < -0.3 is 5.32 Å². The summed E-state index contributed by atoms with van der Waals surface area (Å²) in [5.74, 6) is -2.46. The highest BCUT2D eigenvalue weighted by Gasteiger charge is 2.36. The molecule has 1 aliphatic rings. The maximum Gasteiger partial charge on any atom is 0.294 e. The number of benzene rings is 2. The van der Waals surface area contributed by atoms with Gasteiger partial charge in [-0.3, -0.25) is 19.3 Å². The number of carbonyl (C=O) groups is 3. The predicted octanol–water partition coefficient (Wildman–Crippen LogP) is 3.64. The van der Waals surface area contributed by atoms with Crippen LogP contribution in [0.4, 0.5) is 19.3 Å². The van der Waals surface area contributed by atoms with E-state index in [-0.39, 0.29) is 10.6 Å². The summed E-state index contributed by atoms with van der Waals surface area (Å²) < 4.78 is 26.8. The lowest BCUT2D eigenvalue weighted by Crippen LogP contribution is -2.36. The van der Waals surface area contributed by atoms with Crippen LogP contribution < -0.4 is 5.32 Å². The Hall–Kier alpha value is -3.00. The predicted molar refractivity (Wildman–Crippen MR) is 94.1 cm³/mol. The molecule has 0 aliphatic carbocycles. The van der Waals surface area contributed by atoms with Crippen LogP contribution in [-0.2, 0) is 9.59 Å². The van der Waals surface area contributed by atoms with Crippen molar-refractivity contribution in [2.45, 2.75) is 0 Å². The van der Waals surface area contributed by atoms with E-state index in [2.05, 4.69) is 5.32 Å². The number of anilines is 1. The van der Waals surface area contributed by atoms with Gasteiger partial charge in [-0.05, 0) is 47.7 Å². The van der Waals surface area contributed by atoms with Gasteiger partial charge in [0.25, 0.3) is 11.1 Å². The van der Waals surface area contributed by atoms with Gasteiger partial charge in [-0.1, -0.05) is 24.3 Å². The average molecular weight is 374 g/mol. The molecule has 0 radical (unpaired) electrons. The Morgan fingerprint density at radius 2 is 1.88 bits per heavy atom. The summed E-state index contributed by atoms with van der Waals surface area (Å²) in [6.07, 6.45) is 1.38. The van der Waals surface area contributed by atoms with Crippen LogP contribution in [-0.4, -0.2) is 28.5 Å². The molecule has 1 heterocycles. The average Bonchev–Trinajstić information content (AvgIpc) is 2.84. The summed E-state index contributed by atoms with van der Waals surface area (Å²) in [6.45, 7) is -0.542. The zero-order valence-corrected chi connectivity index (χ0v) is 14.1. The third-order valence-corrected chi connectivity index (χ3v) is 4.38. The number of halogens is 2. The second-order valence-corrected chi connectivity index (χ2v) is 6.34. The molecule has 3 rings (SSSR count). The van der Waals surface area contributed by atoms with Crippen molar-refractivity contribution in [2.75, 3.05) is 11.9 Å². The Balaban J connectivity index is 1.71. The summed E-state index contributed by atoms with van der Waals surface area (Å²) in [5.41, 5.74) is 0.381. The van der Waals surface area contributed by atoms with Crippen molar-refractivity contribution in [1.29, 1.82) is 0 Å². The highest BCUT2D eigenvalue weighted by Crippen LogP contribution is 2.32. The molecule has 1 saturated heterocycles. The Kier molecular flexibility index (Phi) is 5.13. The molecule has 2 aromatic carbocycles. The van der Waals surface area contributed by atoms with Crippen LogP contribution in [0.15, 0.2) is 53.4 Å². The van der Waals surface area contributed by atoms with E-state index < -0.39 is 35.2 Å². The fourth-order valence-corrected chi connectivity index (χ4v) is 3.12. The lowest BCUT2D eigenvalue weighted by Gasteiger charge is -2.12. The zero-order chi connectivity index (χ0) is 18.7. The van der Waals surface area contributed by atoms with E-state index in [4.69, 9.17) is 0 Å². The van der Waals surface area contributed by atoms with Gasteiger partial charge in [-0.2, -0.15) is 0 Å². The molecule has 1 aliphatic heterocycles. The summed E-state index contributed by atoms with van der Waals surface area (Å²) in [4.78, 5) is 37.2. The van der Waals surface area contributed by atoms with Gasteiger partial charge in [0, 0.05) is 0 Å². The quantitative estimate of drug-likeness (QED) is 0.830. The van der Waals surface area contributed by atoms with E-state index in [1.54, 1.807) is 12.1 Å². The normalized spacial score (nSPS) is 15.6. The molecular formula is C18H12F2N2O3S. The Labute approximate surface area is 151 Å². The molecule has 26 heavy (non-hydrogen) atoms. The van der Waals surface area contributed by atoms with E-state index in [0.717, 1.165) is 4.90 Å². The fraction of sp³-hybridized carbons (Fsp3) is 0.0556. The summed E-state index contributed by atoms with van der Waals surface area (Å²) in [6, 6.07) is 11.1. The van der Waals surface area contributed by atoms with Gasteiger partial charge in [-0.25, -0.2) is 8.78 Å². The Bertz CT molecular complexity index is 930. The van der Waals surface area contributed by atoms with Crippen LogP contribution in [0.1, 0.15) is 5.56 Å². The monoisotopic (exact) mass is 374 g/mol. The zero-order valence-electron chi connectivity index (χ0n) is 13.2. The molecule has 5 nitrogen and oxygen atoms in total. The van der Waals surface area contributed by atoms with Crippen LogP contribution in [0, 0.1) is 11.6 Å². The minimum atomic E-state index is -0.704. The van der Waals surface area contributed by atoms with E-state index in [9.17, 15) is 23.2 Å². The van der Waals surface area contributed by atoms with Crippen LogP contribution in [0.5, 0.6) is 0 Å². The lowest BCUT2D eigenvalue weighted by atomic mass is 10.2. The molecule has 8 heteroatoms. The Morgan fingerprint density at radius 1 is 1.12 bits per heavy atom. The van der Waals surface area contributed by atoms with Gasteiger partial charge >= 0.3 is 0 Å². The minimum absolute atomic E-state index is 0.0419. The Morgan fingerprint density at radius 3 is 2.62 bits per heavy atom. The molecule has 0 unspecified atom stereocenters. The second kappa shape index (κ2) is 7.49. The second-order valence-electron chi connectivity index (χ2n) is 5.35. The number of nitrogens with zero attached hydrogens (tertiary/aromatic N) is 1. The number of para-hydroxylation sites is 1. The largest absolute Gasteiger partial charge is 0.322 e. The molecule has 132 valence electrons. The fourth-order valence-electron chi connectivity index (χ4n) is 2.28. The van der Waals surface area contributed by atoms with Gasteiger partial charge in [0.15, 0.2) is 0 Å². The number of hydrogen-bond acceptors (Lipinski definition) is 4. The maximum absolute atomic E-state index is 13.5. The minimum Gasteiger partial charge on any atom is -0.322 e. The molecule has 0 bridgehead atoms. The smallest absolute Gasteiger partial charge is 0.294 e. The molecule has 1 fully saturated rings. The van der Waals surface area contributed by atoms with Crippen molar-refractivity contribution in [2.24, 2.45) is 0 Å². The highest BCUT2D eigenvalue weighted by molar-refractivity contribution is 8.18. The topological polar surface area (TPSA) is 66.5 Å². The molecule has 0 aromatic heterocycles. The van der Waals surface area contributed by atoms with Crippen LogP contribution >= 0.6 is 11.8 Å². The summed E-state index contributed by atoms with van der Waals surface area (Å²) in [5, 5.41) is 1.69.